The lowest BCUT2D eigenvalue weighted by molar-refractivity contribution is 0.439. The van der Waals surface area contributed by atoms with Crippen LogP contribution in [0.3, 0.4) is 0 Å². The summed E-state index contributed by atoms with van der Waals surface area (Å²) in [7, 11) is 0. The molecule has 2 aromatic heterocycles. The van der Waals surface area contributed by atoms with Gasteiger partial charge in [0.2, 0.25) is 0 Å². The van der Waals surface area contributed by atoms with Crippen LogP contribution in [0, 0.1) is 0 Å². The van der Waals surface area contributed by atoms with Gasteiger partial charge in [-0.25, -0.2) is 4.98 Å². The van der Waals surface area contributed by atoms with E-state index in [0.29, 0.717) is 5.71 Å². The van der Waals surface area contributed by atoms with Crippen LogP contribution in [0.1, 0.15) is 38.3 Å². The average Bonchev–Trinajstić information content (AvgIpc) is 2.65. The molecule has 0 atom stereocenters. The molecule has 0 radical (unpaired) electrons. The largest absolute Gasteiger partial charge is 0.356 e. The van der Waals surface area contributed by atoms with E-state index in [1.54, 1.807) is 6.33 Å². The molecule has 0 aromatic carbocycles. The van der Waals surface area contributed by atoms with E-state index in [4.69, 9.17) is 4.52 Å². The van der Waals surface area contributed by atoms with Crippen molar-refractivity contribution in [2.75, 3.05) is 18.0 Å². The summed E-state index contributed by atoms with van der Waals surface area (Å²) >= 11 is 0. The molecule has 5 heteroatoms. The normalized spacial score (nSPS) is 17.1. The smallest absolute Gasteiger partial charge is 0.263 e. The summed E-state index contributed by atoms with van der Waals surface area (Å²) in [5.74, 6) is 1.00. The number of rotatable bonds is 2. The highest BCUT2D eigenvalue weighted by molar-refractivity contribution is 5.88. The van der Waals surface area contributed by atoms with E-state index in [-0.39, 0.29) is 0 Å². The summed E-state index contributed by atoms with van der Waals surface area (Å²) in [6.07, 6.45) is 7.52. The quantitative estimate of drug-likeness (QED) is 0.815. The van der Waals surface area contributed by atoms with Crippen LogP contribution in [0.4, 0.5) is 5.82 Å². The zero-order valence-corrected chi connectivity index (χ0v) is 10.7. The Bertz CT molecular complexity index is 529. The first kappa shape index (κ1) is 11.4. The Morgan fingerprint density at radius 1 is 1.17 bits per heavy atom. The van der Waals surface area contributed by atoms with Gasteiger partial charge in [-0.2, -0.15) is 4.98 Å². The molecule has 2 aromatic rings. The van der Waals surface area contributed by atoms with Gasteiger partial charge in [0.25, 0.3) is 5.71 Å². The molecule has 0 bridgehead atoms. The van der Waals surface area contributed by atoms with Crippen molar-refractivity contribution in [2.45, 2.75) is 39.0 Å². The minimum absolute atomic E-state index is 0.612. The summed E-state index contributed by atoms with van der Waals surface area (Å²) in [4.78, 5) is 11.0. The number of hydrogen-bond donors (Lipinski definition) is 0. The Labute approximate surface area is 106 Å². The van der Waals surface area contributed by atoms with Crippen molar-refractivity contribution in [2.24, 2.45) is 0 Å². The molecule has 5 nitrogen and oxygen atoms in total. The summed E-state index contributed by atoms with van der Waals surface area (Å²) in [5, 5.41) is 5.09. The Hall–Kier alpha value is -1.65. The molecule has 1 aliphatic heterocycles. The molecule has 0 aliphatic carbocycles. The van der Waals surface area contributed by atoms with Gasteiger partial charge < -0.3 is 9.42 Å². The lowest BCUT2D eigenvalue weighted by atomic mass is 10.2. The third-order valence-corrected chi connectivity index (χ3v) is 3.56. The van der Waals surface area contributed by atoms with E-state index in [9.17, 15) is 0 Å². The third-order valence-electron chi connectivity index (χ3n) is 3.56. The van der Waals surface area contributed by atoms with Gasteiger partial charge in [0.1, 0.15) is 17.5 Å². The van der Waals surface area contributed by atoms with Gasteiger partial charge >= 0.3 is 0 Å². The number of fused-ring (bicyclic) bond motifs is 1. The molecule has 96 valence electrons. The number of hydrogen-bond acceptors (Lipinski definition) is 5. The van der Waals surface area contributed by atoms with E-state index in [1.807, 2.05) is 0 Å². The Morgan fingerprint density at radius 3 is 2.67 bits per heavy atom. The van der Waals surface area contributed by atoms with Crippen molar-refractivity contribution >= 4 is 16.9 Å². The molecule has 3 heterocycles. The first-order valence-electron chi connectivity index (χ1n) is 6.74. The van der Waals surface area contributed by atoms with E-state index >= 15 is 0 Å². The fourth-order valence-electron chi connectivity index (χ4n) is 2.59. The van der Waals surface area contributed by atoms with Crippen LogP contribution in [-0.4, -0.2) is 28.2 Å². The van der Waals surface area contributed by atoms with E-state index < -0.39 is 0 Å². The number of nitrogens with zero attached hydrogens (tertiary/aromatic N) is 4. The molecule has 1 saturated heterocycles. The number of aromatic nitrogens is 3. The molecular formula is C13H18N4O. The second kappa shape index (κ2) is 4.92. The molecule has 18 heavy (non-hydrogen) atoms. The van der Waals surface area contributed by atoms with Crippen LogP contribution in [0.25, 0.3) is 11.1 Å². The predicted octanol–water partition coefficient (Wildman–Crippen LogP) is 2.56. The summed E-state index contributed by atoms with van der Waals surface area (Å²) < 4.78 is 5.27. The highest BCUT2D eigenvalue weighted by Gasteiger charge is 2.19. The summed E-state index contributed by atoms with van der Waals surface area (Å²) in [6.45, 7) is 4.22. The molecule has 0 amide bonds. The molecular weight excluding hydrogens is 228 g/mol. The predicted molar refractivity (Wildman–Crippen MR) is 69.7 cm³/mol. The van der Waals surface area contributed by atoms with Crippen LogP contribution in [0.2, 0.25) is 0 Å². The maximum absolute atomic E-state index is 5.27. The van der Waals surface area contributed by atoms with Gasteiger partial charge in [0.05, 0.1) is 5.69 Å². The second-order valence-corrected chi connectivity index (χ2v) is 4.76. The van der Waals surface area contributed by atoms with Crippen LogP contribution in [-0.2, 0) is 6.42 Å². The summed E-state index contributed by atoms with van der Waals surface area (Å²) in [5.41, 5.74) is 1.57. The lowest BCUT2D eigenvalue weighted by Gasteiger charge is -2.21. The standard InChI is InChI=1S/C13H18N4O/c1-2-10-11-12(14-9-15-13(11)18-16-10)17-7-5-3-4-6-8-17/h9H,2-8H2,1H3. The minimum Gasteiger partial charge on any atom is -0.356 e. The van der Waals surface area contributed by atoms with Crippen LogP contribution in [0.15, 0.2) is 10.9 Å². The monoisotopic (exact) mass is 246 g/mol. The van der Waals surface area contributed by atoms with Gasteiger partial charge in [-0.3, -0.25) is 0 Å². The van der Waals surface area contributed by atoms with Gasteiger partial charge in [-0.1, -0.05) is 24.9 Å². The van der Waals surface area contributed by atoms with Crippen molar-refractivity contribution in [1.29, 1.82) is 0 Å². The third kappa shape index (κ3) is 1.94. The van der Waals surface area contributed by atoms with Crippen molar-refractivity contribution in [3.63, 3.8) is 0 Å². The Morgan fingerprint density at radius 2 is 1.94 bits per heavy atom. The van der Waals surface area contributed by atoms with Crippen molar-refractivity contribution in [3.05, 3.63) is 12.0 Å². The highest BCUT2D eigenvalue weighted by atomic mass is 16.5. The van der Waals surface area contributed by atoms with E-state index in [0.717, 1.165) is 36.4 Å². The molecule has 0 spiro atoms. The van der Waals surface area contributed by atoms with Gasteiger partial charge in [0, 0.05) is 13.1 Å². The van der Waals surface area contributed by atoms with Crippen molar-refractivity contribution < 1.29 is 4.52 Å². The number of aryl methyl sites for hydroxylation is 1. The SMILES string of the molecule is CCc1noc2ncnc(N3CCCCCC3)c12. The molecule has 1 fully saturated rings. The maximum Gasteiger partial charge on any atom is 0.263 e. The molecule has 0 N–H and O–H groups in total. The lowest BCUT2D eigenvalue weighted by Crippen LogP contribution is -2.25. The fraction of sp³-hybridized carbons (Fsp3) is 0.615. The Balaban J connectivity index is 2.06. The second-order valence-electron chi connectivity index (χ2n) is 4.76. The first-order chi connectivity index (χ1) is 8.90. The van der Waals surface area contributed by atoms with Crippen LogP contribution < -0.4 is 4.90 Å². The highest BCUT2D eigenvalue weighted by Crippen LogP contribution is 2.28. The average molecular weight is 246 g/mol. The van der Waals surface area contributed by atoms with Crippen LogP contribution in [0.5, 0.6) is 0 Å². The zero-order chi connectivity index (χ0) is 12.4. The maximum atomic E-state index is 5.27. The molecule has 0 saturated carbocycles. The fourth-order valence-corrected chi connectivity index (χ4v) is 2.59. The zero-order valence-electron chi connectivity index (χ0n) is 10.7. The topological polar surface area (TPSA) is 55.1 Å². The van der Waals surface area contributed by atoms with Crippen LogP contribution >= 0.6 is 0 Å². The minimum atomic E-state index is 0.612. The van der Waals surface area contributed by atoms with Crippen molar-refractivity contribution in [1.82, 2.24) is 15.1 Å². The first-order valence-corrected chi connectivity index (χ1v) is 6.74. The van der Waals surface area contributed by atoms with Gasteiger partial charge in [-0.15, -0.1) is 0 Å². The molecule has 3 rings (SSSR count). The van der Waals surface area contributed by atoms with Gasteiger partial charge in [0.15, 0.2) is 0 Å². The number of anilines is 1. The van der Waals surface area contributed by atoms with E-state index in [1.165, 1.54) is 25.7 Å². The summed E-state index contributed by atoms with van der Waals surface area (Å²) in [6, 6.07) is 0. The van der Waals surface area contributed by atoms with Crippen molar-refractivity contribution in [3.8, 4) is 0 Å². The molecule has 0 unspecified atom stereocenters. The van der Waals surface area contributed by atoms with E-state index in [2.05, 4.69) is 26.9 Å². The molecule has 1 aliphatic rings. The van der Waals surface area contributed by atoms with Gasteiger partial charge in [-0.05, 0) is 19.3 Å². The Kier molecular flexibility index (Phi) is 3.13.